The van der Waals surface area contributed by atoms with E-state index in [0.717, 1.165) is 0 Å². The third-order valence-corrected chi connectivity index (χ3v) is 13.5. The van der Waals surface area contributed by atoms with E-state index in [1.807, 2.05) is 20.8 Å². The number of unbranched alkanes of at least 4 members (excludes halogenated alkanes) is 2. The van der Waals surface area contributed by atoms with E-state index in [4.69, 9.17) is 30.5 Å². The molecule has 0 unspecified atom stereocenters. The number of benzene rings is 2. The molecule has 3 N–H and O–H groups in total. The number of ether oxygens (including phenoxy) is 4. The predicted molar refractivity (Wildman–Crippen MR) is 300 cm³/mol. The Balaban J connectivity index is 1.18. The highest BCUT2D eigenvalue weighted by Crippen LogP contribution is 2.34. The number of carbonyl (C=O) groups excluding carboxylic acids is 6. The average Bonchev–Trinajstić information content (AvgIpc) is 3.94. The molecule has 1 fully saturated rings. The smallest absolute Gasteiger partial charge is 0.407 e. The molecule has 0 saturated carbocycles. The second kappa shape index (κ2) is 28.2. The minimum absolute atomic E-state index is 0.0387. The van der Waals surface area contributed by atoms with Gasteiger partial charge in [0, 0.05) is 94.3 Å². The summed E-state index contributed by atoms with van der Waals surface area (Å²) in [4.78, 5) is 86.9. The van der Waals surface area contributed by atoms with Crippen LogP contribution in [0.25, 0.3) is 22.4 Å². The number of quaternary nitrogens is 1. The number of hydrogen-bond donors (Lipinski definition) is 3. The van der Waals surface area contributed by atoms with E-state index in [1.165, 1.54) is 54.3 Å². The molecule has 4 aromatic rings. The van der Waals surface area contributed by atoms with E-state index in [2.05, 4.69) is 26.0 Å². The molecule has 440 valence electrons. The standard InChI is InChI=1S/C57H81ClF2N10O10/c1-38-43(35-64-69(38)29-33-77-12)40-21-22-42(49(60)48(40)59)45-36-63-50(66(45)11)51(73)65-39-19-20-41(44(58)34-39)52(74)68-27-25-67(26-28-68)46(71)18-17-32-70(37-47(72)78-55(2,3)4,30-15-13-23-61-53(75)79-56(5,6)7)31-16-14-24-62-54(76)80-57(8,9)10/h19-22,34-36H,13-18,23-33,37H2,1-12H3,(H2-,61,62,65,73,74,75,76)/p+1. The number of rotatable bonds is 24. The monoisotopic (exact) mass is 1140 g/mol. The predicted octanol–water partition coefficient (Wildman–Crippen LogP) is 8.92. The van der Waals surface area contributed by atoms with E-state index in [9.17, 15) is 28.8 Å². The van der Waals surface area contributed by atoms with Gasteiger partial charge in [-0.3, -0.25) is 19.1 Å². The number of imidazole rings is 1. The molecule has 2 aromatic carbocycles. The van der Waals surface area contributed by atoms with Gasteiger partial charge in [-0.1, -0.05) is 17.7 Å². The van der Waals surface area contributed by atoms with Gasteiger partial charge in [0.05, 0.1) is 61.5 Å². The maximum absolute atomic E-state index is 15.7. The summed E-state index contributed by atoms with van der Waals surface area (Å²) in [7, 11) is 3.07. The maximum Gasteiger partial charge on any atom is 0.407 e. The molecule has 23 heteroatoms. The molecule has 0 spiro atoms. The van der Waals surface area contributed by atoms with Gasteiger partial charge in [0.25, 0.3) is 11.8 Å². The van der Waals surface area contributed by atoms with Crippen molar-refractivity contribution < 1.29 is 61.0 Å². The molecule has 0 aliphatic carbocycles. The summed E-state index contributed by atoms with van der Waals surface area (Å²) in [5.74, 6) is -3.74. The van der Waals surface area contributed by atoms with Gasteiger partial charge in [0.2, 0.25) is 5.91 Å². The van der Waals surface area contributed by atoms with Crippen LogP contribution in [0.15, 0.2) is 42.7 Å². The van der Waals surface area contributed by atoms with Crippen molar-refractivity contribution >= 4 is 53.2 Å². The van der Waals surface area contributed by atoms with Crippen LogP contribution in [0, 0.1) is 18.6 Å². The fraction of sp³-hybridized carbons (Fsp3) is 0.579. The summed E-state index contributed by atoms with van der Waals surface area (Å²) in [5.41, 5.74) is -0.357. The molecule has 1 aliphatic rings. The van der Waals surface area contributed by atoms with E-state index < -0.39 is 46.5 Å². The molecule has 2 aromatic heterocycles. The Kier molecular flexibility index (Phi) is 22.6. The molecule has 5 amide bonds. The summed E-state index contributed by atoms with van der Waals surface area (Å²) >= 11 is 6.66. The summed E-state index contributed by atoms with van der Waals surface area (Å²) in [5, 5.41) is 12.7. The van der Waals surface area contributed by atoms with Gasteiger partial charge in [-0.05, 0) is 119 Å². The van der Waals surface area contributed by atoms with E-state index >= 15 is 8.78 Å². The molecule has 1 aliphatic heterocycles. The van der Waals surface area contributed by atoms with Gasteiger partial charge in [0.15, 0.2) is 24.0 Å². The van der Waals surface area contributed by atoms with Crippen molar-refractivity contribution in [1.29, 1.82) is 0 Å². The number of aromatic nitrogens is 4. The van der Waals surface area contributed by atoms with Gasteiger partial charge >= 0.3 is 18.2 Å². The van der Waals surface area contributed by atoms with Crippen molar-refractivity contribution in [3.8, 4) is 22.4 Å². The number of hydrogen-bond acceptors (Lipinski definition) is 12. The number of carbonyl (C=O) groups is 6. The molecule has 3 heterocycles. The van der Waals surface area contributed by atoms with Crippen molar-refractivity contribution in [3.05, 3.63) is 76.5 Å². The van der Waals surface area contributed by atoms with Crippen LogP contribution in [0.3, 0.4) is 0 Å². The number of esters is 1. The van der Waals surface area contributed by atoms with E-state index in [-0.39, 0.29) is 95.8 Å². The number of alkyl carbamates (subject to hydrolysis) is 2. The molecule has 1 saturated heterocycles. The quantitative estimate of drug-likeness (QED) is 0.0259. The minimum atomic E-state index is -1.11. The number of nitrogens with zero attached hydrogens (tertiary/aromatic N) is 7. The SMILES string of the molecule is COCCn1ncc(-c2ccc(-c3cnc(C(=O)Nc4ccc(C(=O)N5CCN(C(=O)CCC[N+](CCCCNC(=O)OC(C)(C)C)(CCCCNC(=O)OC(C)(C)C)CC(=O)OC(C)(C)C)CC5)c(Cl)c4)n3C)c(F)c2F)c1C. The molecule has 80 heavy (non-hydrogen) atoms. The van der Waals surface area contributed by atoms with Crippen LogP contribution in [-0.4, -0.2) is 165 Å². The molecule has 20 nitrogen and oxygen atoms in total. The lowest BCUT2D eigenvalue weighted by atomic mass is 10.0. The first-order valence-electron chi connectivity index (χ1n) is 27.2. The Bertz CT molecular complexity index is 2770. The fourth-order valence-corrected chi connectivity index (χ4v) is 9.58. The third-order valence-electron chi connectivity index (χ3n) is 13.2. The van der Waals surface area contributed by atoms with Crippen molar-refractivity contribution in [2.75, 3.05) is 84.5 Å². The van der Waals surface area contributed by atoms with Crippen molar-refractivity contribution in [2.45, 2.75) is 131 Å². The highest BCUT2D eigenvalue weighted by atomic mass is 35.5. The summed E-state index contributed by atoms with van der Waals surface area (Å²) in [6.45, 7) is 22.3. The van der Waals surface area contributed by atoms with Crippen LogP contribution in [0.4, 0.5) is 24.1 Å². The van der Waals surface area contributed by atoms with Crippen LogP contribution in [0.1, 0.15) is 128 Å². The van der Waals surface area contributed by atoms with Crippen molar-refractivity contribution in [3.63, 3.8) is 0 Å². The number of amides is 5. The summed E-state index contributed by atoms with van der Waals surface area (Å²) in [6, 6.07) is 7.35. The third kappa shape index (κ3) is 19.0. The van der Waals surface area contributed by atoms with Gasteiger partial charge < -0.3 is 53.7 Å². The molecular weight excluding hydrogens is 1060 g/mol. The highest BCUT2D eigenvalue weighted by Gasteiger charge is 2.34. The zero-order valence-electron chi connectivity index (χ0n) is 48.6. The van der Waals surface area contributed by atoms with Crippen LogP contribution in [0.2, 0.25) is 5.02 Å². The number of methoxy groups -OCH3 is 1. The Morgan fingerprint density at radius 2 is 1.26 bits per heavy atom. The van der Waals surface area contributed by atoms with Crippen LogP contribution < -0.4 is 16.0 Å². The summed E-state index contributed by atoms with van der Waals surface area (Å²) in [6.07, 6.45) is 4.95. The zero-order chi connectivity index (χ0) is 59.2. The molecule has 0 radical (unpaired) electrons. The molecule has 5 rings (SSSR count). The average molecular weight is 1140 g/mol. The Labute approximate surface area is 473 Å². The van der Waals surface area contributed by atoms with Crippen molar-refractivity contribution in [2.24, 2.45) is 7.05 Å². The number of nitrogens with one attached hydrogen (secondary N) is 3. The normalized spacial score (nSPS) is 13.2. The van der Waals surface area contributed by atoms with Crippen LogP contribution in [0.5, 0.6) is 0 Å². The first-order valence-corrected chi connectivity index (χ1v) is 27.6. The lowest BCUT2D eigenvalue weighted by Crippen LogP contribution is -2.54. The van der Waals surface area contributed by atoms with Gasteiger partial charge in [0.1, 0.15) is 16.8 Å². The Morgan fingerprint density at radius 1 is 0.713 bits per heavy atom. The number of anilines is 1. The van der Waals surface area contributed by atoms with Crippen LogP contribution >= 0.6 is 11.6 Å². The highest BCUT2D eigenvalue weighted by molar-refractivity contribution is 6.34. The fourth-order valence-electron chi connectivity index (χ4n) is 9.32. The molecular formula is C57H82ClF2N10O10+. The first-order chi connectivity index (χ1) is 37.5. The maximum atomic E-state index is 15.7. The largest absolute Gasteiger partial charge is 0.456 e. The molecule has 0 bridgehead atoms. The lowest BCUT2D eigenvalue weighted by molar-refractivity contribution is -0.922. The van der Waals surface area contributed by atoms with E-state index in [0.29, 0.717) is 93.7 Å². The molecule has 0 atom stereocenters. The van der Waals surface area contributed by atoms with Gasteiger partial charge in [-0.25, -0.2) is 28.1 Å². The second-order valence-corrected chi connectivity index (χ2v) is 23.5. The number of halogens is 3. The van der Waals surface area contributed by atoms with E-state index in [1.54, 1.807) is 70.1 Å². The lowest BCUT2D eigenvalue weighted by Gasteiger charge is -2.39. The Morgan fingerprint density at radius 3 is 1.82 bits per heavy atom. The second-order valence-electron chi connectivity index (χ2n) is 23.1. The number of piperazine rings is 1. The van der Waals surface area contributed by atoms with Gasteiger partial charge in [-0.15, -0.1) is 0 Å². The topological polar surface area (TPSA) is 218 Å². The summed E-state index contributed by atoms with van der Waals surface area (Å²) < 4.78 is 56.4. The van der Waals surface area contributed by atoms with Gasteiger partial charge in [-0.2, -0.15) is 5.10 Å². The first kappa shape index (κ1) is 64.2. The zero-order valence-corrected chi connectivity index (χ0v) is 49.4. The van der Waals surface area contributed by atoms with Crippen LogP contribution in [-0.2, 0) is 42.1 Å². The Hall–Kier alpha value is -6.65. The minimum Gasteiger partial charge on any atom is -0.456 e. The van der Waals surface area contributed by atoms with Crippen molar-refractivity contribution in [1.82, 2.24) is 39.8 Å².